The fraction of sp³-hybridized carbons (Fsp3) is 0.450. The number of nitrogens with two attached hydrogens (primary N) is 1. The van der Waals surface area contributed by atoms with Crippen molar-refractivity contribution >= 4 is 46.6 Å². The molecule has 3 aliphatic rings. The van der Waals surface area contributed by atoms with Crippen LogP contribution in [0.3, 0.4) is 0 Å². The summed E-state index contributed by atoms with van der Waals surface area (Å²) in [7, 11) is 0. The molecule has 4 unspecified atom stereocenters. The Labute approximate surface area is 181 Å². The minimum Gasteiger partial charge on any atom is -0.463 e. The zero-order chi connectivity index (χ0) is 22.8. The number of hydrogen-bond acceptors (Lipinski definition) is 11. The van der Waals surface area contributed by atoms with E-state index >= 15 is 0 Å². The molecule has 2 fully saturated rings. The number of aromatic nitrogens is 2. The molecule has 12 nitrogen and oxygen atoms in total. The zero-order valence-corrected chi connectivity index (χ0v) is 17.5. The van der Waals surface area contributed by atoms with E-state index in [1.54, 1.807) is 31.5 Å². The van der Waals surface area contributed by atoms with Crippen molar-refractivity contribution in [1.82, 2.24) is 9.55 Å². The molecule has 3 N–H and O–H groups in total. The number of anilines is 2. The lowest BCUT2D eigenvalue weighted by atomic mass is 9.96. The summed E-state index contributed by atoms with van der Waals surface area (Å²) in [6, 6.07) is 1.22. The molecule has 12 heteroatoms. The number of fused-ring (bicyclic) bond motifs is 1. The van der Waals surface area contributed by atoms with Crippen molar-refractivity contribution in [1.29, 1.82) is 0 Å². The highest BCUT2D eigenvalue weighted by Crippen LogP contribution is 2.50. The van der Waals surface area contributed by atoms with Gasteiger partial charge < -0.3 is 34.6 Å². The summed E-state index contributed by atoms with van der Waals surface area (Å²) in [5.41, 5.74) is 4.61. The first-order valence-corrected chi connectivity index (χ1v) is 10.0. The van der Waals surface area contributed by atoms with Gasteiger partial charge in [0.1, 0.15) is 24.3 Å². The summed E-state index contributed by atoms with van der Waals surface area (Å²) in [6.45, 7) is 5.00. The molecule has 0 amide bonds. The van der Waals surface area contributed by atoms with E-state index in [1.807, 2.05) is 0 Å². The average Bonchev–Trinajstić information content (AvgIpc) is 3.30. The first kappa shape index (κ1) is 20.2. The second-order valence-corrected chi connectivity index (χ2v) is 8.34. The lowest BCUT2D eigenvalue weighted by Gasteiger charge is -2.27. The number of hydrogen-bond donors (Lipinski definition) is 2. The maximum absolute atomic E-state index is 12.0. The Balaban J connectivity index is 1.60. The van der Waals surface area contributed by atoms with Crippen LogP contribution in [-0.4, -0.2) is 52.4 Å². The topological polar surface area (TPSA) is 156 Å². The van der Waals surface area contributed by atoms with E-state index < -0.39 is 41.7 Å². The SMILES string of the molecule is CC(C)C(=O)OCC1OC(n2cc3c(N)cc(=O)nc4c3c2N=CN4)C2(C)OC(=O)OC12. The Kier molecular flexibility index (Phi) is 4.38. The summed E-state index contributed by atoms with van der Waals surface area (Å²) in [5, 5.41) is 3.90. The van der Waals surface area contributed by atoms with E-state index in [4.69, 9.17) is 24.7 Å². The smallest absolute Gasteiger partial charge is 0.463 e. The van der Waals surface area contributed by atoms with Gasteiger partial charge >= 0.3 is 12.1 Å². The third kappa shape index (κ3) is 2.90. The maximum atomic E-state index is 12.0. The number of aliphatic imine (C=N–C) groups is 1. The van der Waals surface area contributed by atoms with Gasteiger partial charge in [0.25, 0.3) is 5.56 Å². The lowest BCUT2D eigenvalue weighted by molar-refractivity contribution is -0.154. The summed E-state index contributed by atoms with van der Waals surface area (Å²) >= 11 is 0. The van der Waals surface area contributed by atoms with Crippen LogP contribution < -0.4 is 16.6 Å². The molecule has 5 rings (SSSR count). The summed E-state index contributed by atoms with van der Waals surface area (Å²) in [4.78, 5) is 44.4. The van der Waals surface area contributed by atoms with Crippen molar-refractivity contribution in [3.63, 3.8) is 0 Å². The van der Waals surface area contributed by atoms with Crippen molar-refractivity contribution in [3.8, 4) is 0 Å². The lowest BCUT2D eigenvalue weighted by Crippen LogP contribution is -2.42. The van der Waals surface area contributed by atoms with Crippen LogP contribution in [0.1, 0.15) is 27.0 Å². The highest BCUT2D eigenvalue weighted by molar-refractivity contribution is 6.10. The quantitative estimate of drug-likeness (QED) is 0.663. The molecule has 0 bridgehead atoms. The number of nitrogens with one attached hydrogen (secondary N) is 1. The van der Waals surface area contributed by atoms with Crippen LogP contribution in [-0.2, 0) is 23.7 Å². The van der Waals surface area contributed by atoms with Gasteiger partial charge in [-0.1, -0.05) is 13.8 Å². The first-order chi connectivity index (χ1) is 15.2. The van der Waals surface area contributed by atoms with E-state index in [0.29, 0.717) is 22.4 Å². The summed E-state index contributed by atoms with van der Waals surface area (Å²) in [6.07, 6.45) is -0.236. The van der Waals surface area contributed by atoms with E-state index in [1.165, 1.54) is 12.4 Å². The molecule has 3 aliphatic heterocycles. The Morgan fingerprint density at radius 2 is 2.19 bits per heavy atom. The maximum Gasteiger partial charge on any atom is 0.509 e. The number of carbonyl (C=O) groups is 2. The van der Waals surface area contributed by atoms with Crippen molar-refractivity contribution < 1.29 is 28.5 Å². The normalized spacial score (nSPS) is 27.8. The van der Waals surface area contributed by atoms with Crippen LogP contribution in [0.25, 0.3) is 10.8 Å². The van der Waals surface area contributed by atoms with E-state index in [0.717, 1.165) is 0 Å². The second kappa shape index (κ2) is 6.92. The molecule has 5 heterocycles. The molecule has 2 aromatic heterocycles. The third-order valence-electron chi connectivity index (χ3n) is 5.78. The Hall–Kier alpha value is -3.67. The van der Waals surface area contributed by atoms with Gasteiger partial charge in [-0.3, -0.25) is 9.59 Å². The summed E-state index contributed by atoms with van der Waals surface area (Å²) < 4.78 is 24.1. The molecule has 2 saturated heterocycles. The fourth-order valence-corrected chi connectivity index (χ4v) is 4.23. The van der Waals surface area contributed by atoms with Crippen LogP contribution in [0, 0.1) is 5.92 Å². The first-order valence-electron chi connectivity index (χ1n) is 10.0. The highest BCUT2D eigenvalue weighted by Gasteiger charge is 2.64. The van der Waals surface area contributed by atoms with Crippen LogP contribution in [0.15, 0.2) is 22.1 Å². The number of esters is 1. The minimum atomic E-state index is -1.23. The van der Waals surface area contributed by atoms with Gasteiger partial charge in [-0.2, -0.15) is 4.98 Å². The Morgan fingerprint density at radius 3 is 2.94 bits per heavy atom. The van der Waals surface area contributed by atoms with E-state index in [9.17, 15) is 14.4 Å². The molecule has 168 valence electrons. The fourth-order valence-electron chi connectivity index (χ4n) is 4.23. The molecule has 4 atom stereocenters. The molecular weight excluding hydrogens is 422 g/mol. The molecular formula is C20H21N5O7. The van der Waals surface area contributed by atoms with Crippen molar-refractivity contribution in [2.45, 2.75) is 44.8 Å². The molecule has 0 aromatic carbocycles. The molecule has 0 saturated carbocycles. The number of nitrogen functional groups attached to an aromatic ring is 1. The van der Waals surface area contributed by atoms with E-state index in [2.05, 4.69) is 15.3 Å². The van der Waals surface area contributed by atoms with Gasteiger partial charge in [0, 0.05) is 23.3 Å². The molecule has 0 aliphatic carbocycles. The number of nitrogens with zero attached hydrogens (tertiary/aromatic N) is 3. The average molecular weight is 443 g/mol. The van der Waals surface area contributed by atoms with Crippen LogP contribution in [0.2, 0.25) is 0 Å². The summed E-state index contributed by atoms with van der Waals surface area (Å²) in [5.74, 6) is -0.00282. The van der Waals surface area contributed by atoms with Crippen molar-refractivity contribution in [3.05, 3.63) is 22.6 Å². The highest BCUT2D eigenvalue weighted by atomic mass is 16.8. The standard InChI is InChI=1S/C20H21N5O7/c1-8(2)17(27)29-6-11-14-20(3,32-19(28)31-14)18(30-11)25-5-9-10(21)4-12(26)24-15-13(9)16(25)23-7-22-15/h4-5,7-8,11,14,18H,6,21H2,1-3H3,(H,22,23,24,26). The number of ether oxygens (including phenoxy) is 4. The van der Waals surface area contributed by atoms with Crippen LogP contribution in [0.5, 0.6) is 0 Å². The van der Waals surface area contributed by atoms with Gasteiger partial charge in [-0.25, -0.2) is 9.79 Å². The largest absolute Gasteiger partial charge is 0.509 e. The zero-order valence-electron chi connectivity index (χ0n) is 17.5. The van der Waals surface area contributed by atoms with Gasteiger partial charge in [-0.15, -0.1) is 0 Å². The monoisotopic (exact) mass is 443 g/mol. The third-order valence-corrected chi connectivity index (χ3v) is 5.78. The molecule has 0 radical (unpaired) electrons. The molecule has 32 heavy (non-hydrogen) atoms. The van der Waals surface area contributed by atoms with Crippen molar-refractivity contribution in [2.75, 3.05) is 17.7 Å². The minimum absolute atomic E-state index is 0.116. The Morgan fingerprint density at radius 1 is 1.41 bits per heavy atom. The van der Waals surface area contributed by atoms with Gasteiger partial charge in [0.2, 0.25) is 0 Å². The van der Waals surface area contributed by atoms with Gasteiger partial charge in [0.15, 0.2) is 17.9 Å². The van der Waals surface area contributed by atoms with Crippen LogP contribution in [0.4, 0.5) is 22.1 Å². The van der Waals surface area contributed by atoms with Gasteiger partial charge in [0.05, 0.1) is 17.6 Å². The second-order valence-electron chi connectivity index (χ2n) is 8.34. The Bertz CT molecular complexity index is 1240. The number of rotatable bonds is 4. The molecule has 0 spiro atoms. The van der Waals surface area contributed by atoms with Crippen LogP contribution >= 0.6 is 0 Å². The predicted octanol–water partition coefficient (Wildman–Crippen LogP) is 1.45. The van der Waals surface area contributed by atoms with Gasteiger partial charge in [-0.05, 0) is 6.92 Å². The van der Waals surface area contributed by atoms with Crippen molar-refractivity contribution in [2.24, 2.45) is 10.9 Å². The van der Waals surface area contributed by atoms with E-state index in [-0.39, 0.29) is 18.2 Å². The molecule has 2 aromatic rings. The number of carbonyl (C=O) groups excluding carboxylic acids is 2. The predicted molar refractivity (Wildman–Crippen MR) is 112 cm³/mol.